The van der Waals surface area contributed by atoms with Gasteiger partial charge in [0.1, 0.15) is 0 Å². The summed E-state index contributed by atoms with van der Waals surface area (Å²) >= 11 is 0. The molecule has 0 aromatic heterocycles. The molecule has 0 amide bonds. The Hall–Kier alpha value is -0.240. The molecule has 0 unspecified atom stereocenters. The highest BCUT2D eigenvalue weighted by Crippen LogP contribution is 2.20. The predicted molar refractivity (Wildman–Crippen MR) is 160 cm³/mol. The van der Waals surface area contributed by atoms with E-state index in [1.807, 2.05) is 0 Å². The van der Waals surface area contributed by atoms with Gasteiger partial charge in [0.2, 0.25) is 0 Å². The Morgan fingerprint density at radius 1 is 0.694 bits per heavy atom. The van der Waals surface area contributed by atoms with Crippen molar-refractivity contribution in [3.8, 4) is 0 Å². The molecule has 1 aliphatic rings. The van der Waals surface area contributed by atoms with Crippen LogP contribution in [0, 0.1) is 5.41 Å². The maximum atomic E-state index is 5.70. The Morgan fingerprint density at radius 3 is 1.56 bits per heavy atom. The van der Waals surface area contributed by atoms with Crippen molar-refractivity contribution >= 4 is 0 Å². The van der Waals surface area contributed by atoms with Crippen LogP contribution in [0.5, 0.6) is 0 Å². The van der Waals surface area contributed by atoms with Gasteiger partial charge in [-0.2, -0.15) is 0 Å². The summed E-state index contributed by atoms with van der Waals surface area (Å²) in [6.45, 7) is 35.9. The number of piperazine rings is 1. The van der Waals surface area contributed by atoms with E-state index in [2.05, 4.69) is 117 Å². The maximum absolute atomic E-state index is 5.70. The fourth-order valence-corrected chi connectivity index (χ4v) is 3.50. The van der Waals surface area contributed by atoms with Gasteiger partial charge < -0.3 is 24.2 Å². The highest BCUT2D eigenvalue weighted by Gasteiger charge is 2.15. The van der Waals surface area contributed by atoms with E-state index in [1.165, 1.54) is 45.6 Å². The second kappa shape index (κ2) is 19.8. The van der Waals surface area contributed by atoms with Crippen LogP contribution in [0.4, 0.5) is 0 Å². The molecule has 36 heavy (non-hydrogen) atoms. The minimum absolute atomic E-state index is 0.00653. The molecule has 0 saturated carbocycles. The van der Waals surface area contributed by atoms with Gasteiger partial charge in [-0.05, 0) is 101 Å². The Morgan fingerprint density at radius 2 is 1.17 bits per heavy atom. The maximum Gasteiger partial charge on any atom is 0.0600 e. The molecule has 0 atom stereocenters. The Balaban J connectivity index is 0. The van der Waals surface area contributed by atoms with Crippen LogP contribution >= 0.6 is 0 Å². The summed E-state index contributed by atoms with van der Waals surface area (Å²) in [6, 6.07) is 0. The molecule has 0 radical (unpaired) electrons. The summed E-state index contributed by atoms with van der Waals surface area (Å²) < 4.78 is 11.3. The molecule has 6 heteroatoms. The van der Waals surface area contributed by atoms with E-state index in [1.54, 1.807) is 0 Å². The topological polar surface area (TPSA) is 31.4 Å². The molecule has 0 bridgehead atoms. The van der Waals surface area contributed by atoms with Crippen LogP contribution in [0.3, 0.4) is 0 Å². The Labute approximate surface area is 228 Å². The number of ether oxygens (including phenoxy) is 2. The van der Waals surface area contributed by atoms with Crippen LogP contribution in [0.2, 0.25) is 0 Å². The third kappa shape index (κ3) is 30.0. The average Bonchev–Trinajstić information content (AvgIpc) is 2.71. The first kappa shape index (κ1) is 37.9. The fraction of sp³-hybridized carbons (Fsp3) is 1.00. The van der Waals surface area contributed by atoms with Crippen molar-refractivity contribution < 1.29 is 9.47 Å². The lowest BCUT2D eigenvalue weighted by atomic mass is 9.90. The van der Waals surface area contributed by atoms with Gasteiger partial charge >= 0.3 is 0 Å². The largest absolute Gasteiger partial charge is 0.375 e. The van der Waals surface area contributed by atoms with E-state index in [0.29, 0.717) is 5.41 Å². The van der Waals surface area contributed by atoms with Crippen molar-refractivity contribution in [2.75, 3.05) is 93.3 Å². The lowest BCUT2D eigenvalue weighted by Crippen LogP contribution is -2.45. The van der Waals surface area contributed by atoms with Gasteiger partial charge in [0.05, 0.1) is 24.4 Å². The second-order valence-electron chi connectivity index (χ2n) is 13.6. The van der Waals surface area contributed by atoms with Crippen molar-refractivity contribution in [3.63, 3.8) is 0 Å². The van der Waals surface area contributed by atoms with Gasteiger partial charge in [0.25, 0.3) is 0 Å². The first-order valence-corrected chi connectivity index (χ1v) is 14.4. The smallest absolute Gasteiger partial charge is 0.0600 e. The van der Waals surface area contributed by atoms with Gasteiger partial charge in [-0.3, -0.25) is 4.90 Å². The lowest BCUT2D eigenvalue weighted by molar-refractivity contribution is -0.0170. The summed E-state index contributed by atoms with van der Waals surface area (Å²) in [5.41, 5.74) is 0.524. The summed E-state index contributed by atoms with van der Waals surface area (Å²) in [4.78, 5) is 9.46. The van der Waals surface area contributed by atoms with Gasteiger partial charge in [0, 0.05) is 39.3 Å². The van der Waals surface area contributed by atoms with Crippen molar-refractivity contribution in [3.05, 3.63) is 0 Å². The predicted octanol–water partition coefficient (Wildman–Crippen LogP) is 5.57. The molecule has 1 saturated heterocycles. The third-order valence-corrected chi connectivity index (χ3v) is 5.91. The molecule has 0 aromatic rings. The van der Waals surface area contributed by atoms with Crippen LogP contribution in [0.25, 0.3) is 0 Å². The molecule has 0 aliphatic carbocycles. The molecular weight excluding hydrogens is 448 g/mol. The summed E-state index contributed by atoms with van der Waals surface area (Å²) in [7, 11) is 6.44. The van der Waals surface area contributed by atoms with Crippen molar-refractivity contribution in [1.82, 2.24) is 19.6 Å². The molecule has 6 nitrogen and oxygen atoms in total. The standard InChI is InChI=1S/C11H24N2O.C10H23NO.C9H21N/c1-11(2,3)14-10-9-13-7-5-12(4)6-8-13;1-6-11(7-2)8-9-12-10(3,4)5;1-9(2,3)7-6-8-10(4)5/h5-10H2,1-4H3;6-9H2,1-5H3;6-8H2,1-5H3. The number of hydrogen-bond acceptors (Lipinski definition) is 6. The van der Waals surface area contributed by atoms with E-state index in [9.17, 15) is 0 Å². The molecule has 1 heterocycles. The van der Waals surface area contributed by atoms with Crippen LogP contribution in [-0.2, 0) is 9.47 Å². The van der Waals surface area contributed by atoms with E-state index in [0.717, 1.165) is 39.4 Å². The zero-order valence-corrected chi connectivity index (χ0v) is 27.3. The summed E-state index contributed by atoms with van der Waals surface area (Å²) in [6.07, 6.45) is 2.64. The first-order valence-electron chi connectivity index (χ1n) is 14.4. The lowest BCUT2D eigenvalue weighted by Gasteiger charge is -2.33. The molecule has 1 fully saturated rings. The number of rotatable bonds is 11. The minimum Gasteiger partial charge on any atom is -0.375 e. The number of nitrogens with zero attached hydrogens (tertiary/aromatic N) is 4. The normalized spacial score (nSPS) is 16.0. The molecule has 1 aliphatic heterocycles. The zero-order chi connectivity index (χ0) is 28.4. The first-order chi connectivity index (χ1) is 16.4. The second-order valence-corrected chi connectivity index (χ2v) is 13.6. The Bertz CT molecular complexity index is 481. The average molecular weight is 517 g/mol. The van der Waals surface area contributed by atoms with Crippen LogP contribution in [-0.4, -0.2) is 124 Å². The van der Waals surface area contributed by atoms with Crippen molar-refractivity contribution in [1.29, 1.82) is 0 Å². The highest BCUT2D eigenvalue weighted by molar-refractivity contribution is 4.69. The highest BCUT2D eigenvalue weighted by atomic mass is 16.5. The van der Waals surface area contributed by atoms with E-state index in [-0.39, 0.29) is 11.2 Å². The minimum atomic E-state index is 0.00653. The zero-order valence-electron chi connectivity index (χ0n) is 27.3. The molecule has 220 valence electrons. The van der Waals surface area contributed by atoms with Crippen LogP contribution in [0.15, 0.2) is 0 Å². The van der Waals surface area contributed by atoms with Gasteiger partial charge in [-0.25, -0.2) is 0 Å². The number of likely N-dealkylation sites (N-methyl/N-ethyl adjacent to an activating group) is 2. The monoisotopic (exact) mass is 517 g/mol. The summed E-state index contributed by atoms with van der Waals surface area (Å²) in [5.74, 6) is 0. The SMILES string of the molecule is CCN(CC)CCOC(C)(C)C.CN(C)CCCC(C)(C)C.CN1CCN(CCOC(C)(C)C)CC1. The van der Waals surface area contributed by atoms with Gasteiger partial charge in [-0.15, -0.1) is 0 Å². The molecule has 0 N–H and O–H groups in total. The van der Waals surface area contributed by atoms with Gasteiger partial charge in [0.15, 0.2) is 0 Å². The third-order valence-electron chi connectivity index (χ3n) is 5.91. The fourth-order valence-electron chi connectivity index (χ4n) is 3.50. The van der Waals surface area contributed by atoms with Crippen molar-refractivity contribution in [2.45, 2.75) is 100 Å². The quantitative estimate of drug-likeness (QED) is 0.357. The molecule has 0 aromatic carbocycles. The van der Waals surface area contributed by atoms with Crippen LogP contribution in [0.1, 0.15) is 89.0 Å². The van der Waals surface area contributed by atoms with E-state index < -0.39 is 0 Å². The molecule has 0 spiro atoms. The van der Waals surface area contributed by atoms with E-state index in [4.69, 9.17) is 9.47 Å². The molecular formula is C30H68N4O2. The molecule has 1 rings (SSSR count). The Kier molecular flexibility index (Phi) is 20.8. The van der Waals surface area contributed by atoms with Crippen molar-refractivity contribution in [2.24, 2.45) is 5.41 Å². The number of hydrogen-bond donors (Lipinski definition) is 0. The van der Waals surface area contributed by atoms with Crippen LogP contribution < -0.4 is 0 Å². The summed E-state index contributed by atoms with van der Waals surface area (Å²) in [5, 5.41) is 0. The van der Waals surface area contributed by atoms with Gasteiger partial charge in [-0.1, -0.05) is 34.6 Å². The van der Waals surface area contributed by atoms with E-state index >= 15 is 0 Å².